The van der Waals surface area contributed by atoms with E-state index in [4.69, 9.17) is 9.47 Å². The molecule has 1 aromatic carbocycles. The van der Waals surface area contributed by atoms with Crippen LogP contribution in [0.25, 0.3) is 0 Å². The van der Waals surface area contributed by atoms with Crippen LogP contribution < -0.4 is 5.32 Å². The molecule has 0 saturated carbocycles. The molecular formula is C14H16N2O6. The lowest BCUT2D eigenvalue weighted by molar-refractivity contribution is -0.384. The number of esters is 1. The Morgan fingerprint density at radius 2 is 2.27 bits per heavy atom. The van der Waals surface area contributed by atoms with Crippen LogP contribution in [0.4, 0.5) is 5.69 Å². The van der Waals surface area contributed by atoms with Crippen molar-refractivity contribution in [1.29, 1.82) is 0 Å². The quantitative estimate of drug-likeness (QED) is 0.478. The van der Waals surface area contributed by atoms with Crippen LogP contribution in [0.1, 0.15) is 23.2 Å². The lowest BCUT2D eigenvalue weighted by atomic mass is 10.2. The Hall–Kier alpha value is -2.48. The summed E-state index contributed by atoms with van der Waals surface area (Å²) in [5.41, 5.74) is -0.182. The van der Waals surface area contributed by atoms with Gasteiger partial charge in [-0.25, -0.2) is 4.79 Å². The minimum atomic E-state index is -0.782. The summed E-state index contributed by atoms with van der Waals surface area (Å²) < 4.78 is 10.2. The van der Waals surface area contributed by atoms with Gasteiger partial charge in [0, 0.05) is 25.3 Å². The fourth-order valence-electron chi connectivity index (χ4n) is 2.04. The number of non-ortho nitro benzene ring substituents is 1. The maximum Gasteiger partial charge on any atom is 0.338 e. The van der Waals surface area contributed by atoms with Crippen molar-refractivity contribution < 1.29 is 24.0 Å². The molecule has 0 unspecified atom stereocenters. The van der Waals surface area contributed by atoms with E-state index >= 15 is 0 Å². The second-order valence-electron chi connectivity index (χ2n) is 4.82. The summed E-state index contributed by atoms with van der Waals surface area (Å²) in [6.45, 7) is 0.643. The van der Waals surface area contributed by atoms with Crippen molar-refractivity contribution in [3.8, 4) is 0 Å². The second-order valence-corrected chi connectivity index (χ2v) is 4.82. The summed E-state index contributed by atoms with van der Waals surface area (Å²) >= 11 is 0. The Bertz CT molecular complexity index is 568. The van der Waals surface area contributed by atoms with E-state index in [-0.39, 0.29) is 17.4 Å². The maximum absolute atomic E-state index is 11.7. The van der Waals surface area contributed by atoms with Gasteiger partial charge in [-0.15, -0.1) is 0 Å². The fraction of sp³-hybridized carbons (Fsp3) is 0.429. The summed E-state index contributed by atoms with van der Waals surface area (Å²) in [6, 6.07) is 5.14. The van der Waals surface area contributed by atoms with Crippen molar-refractivity contribution >= 4 is 17.6 Å². The van der Waals surface area contributed by atoms with Gasteiger partial charge < -0.3 is 14.8 Å². The number of ether oxygens (including phenoxy) is 2. The first-order valence-corrected chi connectivity index (χ1v) is 6.86. The number of benzene rings is 1. The summed E-state index contributed by atoms with van der Waals surface area (Å²) in [5, 5.41) is 13.2. The van der Waals surface area contributed by atoms with E-state index in [1.807, 2.05) is 0 Å². The molecule has 8 nitrogen and oxygen atoms in total. The van der Waals surface area contributed by atoms with Gasteiger partial charge in [0.1, 0.15) is 0 Å². The molecule has 1 atom stereocenters. The molecule has 1 aliphatic rings. The molecule has 1 amide bonds. The topological polar surface area (TPSA) is 108 Å². The number of hydrogen-bond donors (Lipinski definition) is 1. The molecule has 0 spiro atoms. The Balaban J connectivity index is 1.78. The highest BCUT2D eigenvalue weighted by Crippen LogP contribution is 2.14. The highest BCUT2D eigenvalue weighted by molar-refractivity contribution is 5.91. The van der Waals surface area contributed by atoms with Crippen LogP contribution in [-0.2, 0) is 14.3 Å². The Labute approximate surface area is 126 Å². The molecular weight excluding hydrogens is 292 g/mol. The highest BCUT2D eigenvalue weighted by atomic mass is 16.6. The number of nitro benzene ring substituents is 1. The number of hydrogen-bond acceptors (Lipinski definition) is 6. The molecule has 1 fully saturated rings. The van der Waals surface area contributed by atoms with Crippen LogP contribution in [0.15, 0.2) is 24.3 Å². The number of carbonyl (C=O) groups is 2. The van der Waals surface area contributed by atoms with Gasteiger partial charge in [0.25, 0.3) is 11.6 Å². The smallest absolute Gasteiger partial charge is 0.338 e. The number of nitro groups is 1. The predicted molar refractivity (Wildman–Crippen MR) is 75.4 cm³/mol. The summed E-state index contributed by atoms with van der Waals surface area (Å²) in [6.07, 6.45) is 1.88. The second kappa shape index (κ2) is 7.51. The van der Waals surface area contributed by atoms with Crippen LogP contribution in [0, 0.1) is 10.1 Å². The molecule has 2 rings (SSSR count). The van der Waals surface area contributed by atoms with E-state index in [1.165, 1.54) is 18.2 Å². The number of rotatable bonds is 6. The first-order valence-electron chi connectivity index (χ1n) is 6.86. The third-order valence-corrected chi connectivity index (χ3v) is 3.18. The lowest BCUT2D eigenvalue weighted by Gasteiger charge is -2.10. The summed E-state index contributed by atoms with van der Waals surface area (Å²) in [4.78, 5) is 33.3. The Morgan fingerprint density at radius 1 is 1.45 bits per heavy atom. The molecule has 1 aliphatic heterocycles. The molecule has 22 heavy (non-hydrogen) atoms. The number of amides is 1. The van der Waals surface area contributed by atoms with Crippen molar-refractivity contribution in [2.45, 2.75) is 18.9 Å². The monoisotopic (exact) mass is 308 g/mol. The molecule has 0 aliphatic carbocycles. The number of nitrogens with zero attached hydrogens (tertiary/aromatic N) is 1. The zero-order valence-corrected chi connectivity index (χ0v) is 11.8. The molecule has 1 aromatic rings. The maximum atomic E-state index is 11.7. The first-order chi connectivity index (χ1) is 10.6. The predicted octanol–water partition coefficient (Wildman–Crippen LogP) is 1.05. The van der Waals surface area contributed by atoms with E-state index in [1.54, 1.807) is 0 Å². The lowest BCUT2D eigenvalue weighted by Crippen LogP contribution is -2.34. The van der Waals surface area contributed by atoms with Crippen molar-refractivity contribution in [1.82, 2.24) is 5.32 Å². The zero-order chi connectivity index (χ0) is 15.9. The fourth-order valence-corrected chi connectivity index (χ4v) is 2.04. The minimum absolute atomic E-state index is 0.0106. The van der Waals surface area contributed by atoms with E-state index in [0.29, 0.717) is 13.2 Å². The molecule has 0 bridgehead atoms. The summed E-state index contributed by atoms with van der Waals surface area (Å²) in [5.74, 6) is -1.22. The van der Waals surface area contributed by atoms with Gasteiger partial charge in [-0.05, 0) is 18.9 Å². The molecule has 118 valence electrons. The Morgan fingerprint density at radius 3 is 2.95 bits per heavy atom. The molecule has 8 heteroatoms. The van der Waals surface area contributed by atoms with E-state index in [2.05, 4.69) is 5.32 Å². The van der Waals surface area contributed by atoms with Gasteiger partial charge in [0.05, 0.1) is 16.6 Å². The standard InChI is InChI=1S/C14H16N2O6/c17-13(15-8-12-5-2-6-21-12)9-22-14(18)10-3-1-4-11(7-10)16(19)20/h1,3-4,7,12H,2,5-6,8-9H2,(H,15,17)/t12-/m1/s1. The van der Waals surface area contributed by atoms with Crippen molar-refractivity contribution in [2.75, 3.05) is 19.8 Å². The van der Waals surface area contributed by atoms with Crippen LogP contribution >= 0.6 is 0 Å². The van der Waals surface area contributed by atoms with Gasteiger partial charge in [-0.2, -0.15) is 0 Å². The molecule has 1 N–H and O–H groups in total. The van der Waals surface area contributed by atoms with Crippen LogP contribution in [0.2, 0.25) is 0 Å². The molecule has 0 aromatic heterocycles. The minimum Gasteiger partial charge on any atom is -0.452 e. The van der Waals surface area contributed by atoms with Crippen molar-refractivity contribution in [2.24, 2.45) is 0 Å². The normalized spacial score (nSPS) is 17.0. The average molecular weight is 308 g/mol. The van der Waals surface area contributed by atoms with Crippen LogP contribution in [-0.4, -0.2) is 42.7 Å². The van der Waals surface area contributed by atoms with Crippen LogP contribution in [0.5, 0.6) is 0 Å². The van der Waals surface area contributed by atoms with Crippen molar-refractivity contribution in [3.63, 3.8) is 0 Å². The largest absolute Gasteiger partial charge is 0.452 e. The highest BCUT2D eigenvalue weighted by Gasteiger charge is 2.17. The third-order valence-electron chi connectivity index (χ3n) is 3.18. The molecule has 1 heterocycles. The van der Waals surface area contributed by atoms with Crippen LogP contribution in [0.3, 0.4) is 0 Å². The molecule has 1 saturated heterocycles. The molecule has 0 radical (unpaired) electrons. The van der Waals surface area contributed by atoms with Gasteiger partial charge >= 0.3 is 5.97 Å². The van der Waals surface area contributed by atoms with Gasteiger partial charge in [0.2, 0.25) is 0 Å². The van der Waals surface area contributed by atoms with Gasteiger partial charge in [-0.3, -0.25) is 14.9 Å². The number of nitrogens with one attached hydrogen (secondary N) is 1. The first kappa shape index (κ1) is 15.9. The average Bonchev–Trinajstić information content (AvgIpc) is 3.04. The third kappa shape index (κ3) is 4.52. The van der Waals surface area contributed by atoms with E-state index in [9.17, 15) is 19.7 Å². The van der Waals surface area contributed by atoms with Gasteiger partial charge in [0.15, 0.2) is 6.61 Å². The SMILES string of the molecule is O=C(COC(=O)c1cccc([N+](=O)[O-])c1)NC[C@H]1CCCO1. The van der Waals surface area contributed by atoms with E-state index < -0.39 is 23.4 Å². The summed E-state index contributed by atoms with van der Waals surface area (Å²) in [7, 11) is 0. The van der Waals surface area contributed by atoms with E-state index in [0.717, 1.165) is 18.9 Å². The Kier molecular flexibility index (Phi) is 5.42. The number of carbonyl (C=O) groups excluding carboxylic acids is 2. The van der Waals surface area contributed by atoms with Gasteiger partial charge in [-0.1, -0.05) is 6.07 Å². The zero-order valence-electron chi connectivity index (χ0n) is 11.8. The van der Waals surface area contributed by atoms with Crippen molar-refractivity contribution in [3.05, 3.63) is 39.9 Å².